The highest BCUT2D eigenvalue weighted by atomic mass is 31.1. The van der Waals surface area contributed by atoms with Gasteiger partial charge >= 0.3 is 5.97 Å². The van der Waals surface area contributed by atoms with Crippen molar-refractivity contribution in [1.29, 1.82) is 0 Å². The van der Waals surface area contributed by atoms with E-state index in [2.05, 4.69) is 6.92 Å². The molecule has 0 aliphatic carbocycles. The fraction of sp³-hybridized carbons (Fsp3) is 0.650. The van der Waals surface area contributed by atoms with E-state index >= 15 is 0 Å². The molecule has 25 heavy (non-hydrogen) atoms. The normalized spacial score (nSPS) is 12.1. The monoisotopic (exact) mass is 368 g/mol. The molecule has 0 heterocycles. The van der Waals surface area contributed by atoms with Crippen LogP contribution in [0.25, 0.3) is 0 Å². The van der Waals surface area contributed by atoms with E-state index in [4.69, 9.17) is 9.26 Å². The molecule has 0 amide bonds. The minimum atomic E-state index is -1.83. The Balaban J connectivity index is 2.19. The molecule has 142 valence electrons. The summed E-state index contributed by atoms with van der Waals surface area (Å²) in [6.45, 7) is 2.71. The van der Waals surface area contributed by atoms with E-state index in [0.717, 1.165) is 32.1 Å². The van der Waals surface area contributed by atoms with Crippen molar-refractivity contribution in [3.63, 3.8) is 0 Å². The third kappa shape index (κ3) is 10.5. The zero-order chi connectivity index (χ0) is 18.3. The molecular weight excluding hydrogens is 335 g/mol. The summed E-state index contributed by atoms with van der Waals surface area (Å²) >= 11 is 0. The highest BCUT2D eigenvalue weighted by Crippen LogP contribution is 2.22. The smallest absolute Gasteiger partial charge is 0.338 e. The fourth-order valence-corrected chi connectivity index (χ4v) is 3.38. The Kier molecular flexibility index (Phi) is 12.4. The average molecular weight is 368 g/mol. The van der Waals surface area contributed by atoms with Crippen LogP contribution in [-0.4, -0.2) is 25.8 Å². The molecule has 1 aromatic rings. The molecule has 1 atom stereocenters. The average Bonchev–Trinajstić information content (AvgIpc) is 2.64. The quantitative estimate of drug-likeness (QED) is 0.242. The zero-order valence-corrected chi connectivity index (χ0v) is 16.7. The third-order valence-electron chi connectivity index (χ3n) is 4.24. The lowest BCUT2D eigenvalue weighted by atomic mass is 10.1. The van der Waals surface area contributed by atoms with E-state index in [1.807, 2.05) is 24.3 Å². The fourth-order valence-electron chi connectivity index (χ4n) is 2.64. The van der Waals surface area contributed by atoms with Crippen LogP contribution in [-0.2, 0) is 20.2 Å². The number of benzene rings is 1. The van der Waals surface area contributed by atoms with Gasteiger partial charge in [0.1, 0.15) is 0 Å². The standard InChI is InChI=1S/C20H33O4P/c1-3-4-5-6-7-9-16-24-20(21)19-14-12-18(13-15-19)11-8-10-17-25(22)23-2/h12-15,25H,3-11,16-17H2,1-2H3. The van der Waals surface area contributed by atoms with Crippen molar-refractivity contribution >= 4 is 14.0 Å². The number of carbonyl (C=O) groups excluding carboxylic acids is 1. The number of hydrogen-bond donors (Lipinski definition) is 0. The molecule has 0 bridgehead atoms. The van der Waals surface area contributed by atoms with E-state index < -0.39 is 8.03 Å². The molecule has 0 fully saturated rings. The van der Waals surface area contributed by atoms with Crippen molar-refractivity contribution < 1.29 is 18.6 Å². The summed E-state index contributed by atoms with van der Waals surface area (Å²) in [6.07, 6.45) is 10.5. The topological polar surface area (TPSA) is 52.6 Å². The first kappa shape index (κ1) is 21.9. The van der Waals surface area contributed by atoms with Gasteiger partial charge in [-0.1, -0.05) is 51.2 Å². The molecule has 0 aromatic heterocycles. The zero-order valence-electron chi connectivity index (χ0n) is 15.7. The number of unbranched alkanes of at least 4 members (excludes halogenated alkanes) is 6. The molecule has 4 nitrogen and oxygen atoms in total. The molecule has 5 heteroatoms. The van der Waals surface area contributed by atoms with Crippen LogP contribution in [0.4, 0.5) is 0 Å². The molecule has 0 aliphatic heterocycles. The van der Waals surface area contributed by atoms with E-state index in [0.29, 0.717) is 18.3 Å². The highest BCUT2D eigenvalue weighted by Gasteiger charge is 2.07. The van der Waals surface area contributed by atoms with Gasteiger partial charge in [0.15, 0.2) is 8.03 Å². The van der Waals surface area contributed by atoms with E-state index in [-0.39, 0.29) is 5.97 Å². The van der Waals surface area contributed by atoms with Crippen LogP contribution >= 0.6 is 8.03 Å². The van der Waals surface area contributed by atoms with E-state index in [1.54, 1.807) is 0 Å². The van der Waals surface area contributed by atoms with Crippen molar-refractivity contribution in [1.82, 2.24) is 0 Å². The first-order valence-corrected chi connectivity index (χ1v) is 11.0. The lowest BCUT2D eigenvalue weighted by molar-refractivity contribution is 0.0497. The molecular formula is C20H33O4P. The summed E-state index contributed by atoms with van der Waals surface area (Å²) in [5.74, 6) is -0.237. The summed E-state index contributed by atoms with van der Waals surface area (Å²) in [7, 11) is -0.338. The number of aryl methyl sites for hydroxylation is 1. The third-order valence-corrected chi connectivity index (χ3v) is 5.46. The summed E-state index contributed by atoms with van der Waals surface area (Å²) in [4.78, 5) is 12.0. The van der Waals surface area contributed by atoms with Gasteiger partial charge in [0.2, 0.25) is 0 Å². The van der Waals surface area contributed by atoms with E-state index in [1.165, 1.54) is 38.4 Å². The Labute approximate surface area is 153 Å². The van der Waals surface area contributed by atoms with Gasteiger partial charge in [-0.25, -0.2) is 4.79 Å². The lowest BCUT2D eigenvalue weighted by Crippen LogP contribution is -2.06. The number of hydrogen-bond acceptors (Lipinski definition) is 4. The molecule has 0 saturated heterocycles. The van der Waals surface area contributed by atoms with Crippen molar-refractivity contribution in [3.05, 3.63) is 35.4 Å². The highest BCUT2D eigenvalue weighted by molar-refractivity contribution is 7.39. The van der Waals surface area contributed by atoms with Crippen LogP contribution in [0, 0.1) is 0 Å². The SMILES string of the molecule is CCCCCCCCOC(=O)c1ccc(CCCC[PH](=O)OC)cc1. The maximum absolute atomic E-state index is 12.0. The van der Waals surface area contributed by atoms with E-state index in [9.17, 15) is 9.36 Å². The van der Waals surface area contributed by atoms with Crippen LogP contribution in [0.5, 0.6) is 0 Å². The van der Waals surface area contributed by atoms with Crippen molar-refractivity contribution in [3.8, 4) is 0 Å². The summed E-state index contributed by atoms with van der Waals surface area (Å²) < 4.78 is 21.4. The number of ether oxygens (including phenoxy) is 1. The predicted molar refractivity (Wildman–Crippen MR) is 104 cm³/mol. The van der Waals surface area contributed by atoms with Gasteiger partial charge in [0, 0.05) is 13.3 Å². The molecule has 0 saturated carbocycles. The molecule has 1 unspecified atom stereocenters. The Morgan fingerprint density at radius 3 is 2.32 bits per heavy atom. The Morgan fingerprint density at radius 1 is 0.960 bits per heavy atom. The van der Waals surface area contributed by atoms with Crippen LogP contribution in [0.1, 0.15) is 74.2 Å². The largest absolute Gasteiger partial charge is 0.462 e. The molecule has 1 aromatic carbocycles. The predicted octanol–water partition coefficient (Wildman–Crippen LogP) is 5.65. The molecule has 1 rings (SSSR count). The van der Waals surface area contributed by atoms with Gasteiger partial charge in [0.25, 0.3) is 0 Å². The van der Waals surface area contributed by atoms with Crippen molar-refractivity contribution in [2.45, 2.75) is 64.7 Å². The molecule has 0 radical (unpaired) electrons. The Bertz CT molecular complexity index is 499. The first-order valence-electron chi connectivity index (χ1n) is 9.50. The summed E-state index contributed by atoms with van der Waals surface area (Å²) in [6, 6.07) is 7.61. The number of rotatable bonds is 14. The van der Waals surface area contributed by atoms with Crippen LogP contribution in [0.2, 0.25) is 0 Å². The van der Waals surface area contributed by atoms with Gasteiger partial charge in [-0.15, -0.1) is 0 Å². The molecule has 0 aliphatic rings. The second-order valence-electron chi connectivity index (χ2n) is 6.38. The van der Waals surface area contributed by atoms with Crippen LogP contribution < -0.4 is 0 Å². The second-order valence-corrected chi connectivity index (χ2v) is 8.04. The van der Waals surface area contributed by atoms with Gasteiger partial charge < -0.3 is 9.26 Å². The van der Waals surface area contributed by atoms with Gasteiger partial charge in [0.05, 0.1) is 12.2 Å². The van der Waals surface area contributed by atoms with Crippen LogP contribution in [0.3, 0.4) is 0 Å². The first-order chi connectivity index (χ1) is 12.2. The summed E-state index contributed by atoms with van der Waals surface area (Å²) in [5, 5.41) is 0. The maximum Gasteiger partial charge on any atom is 0.338 e. The lowest BCUT2D eigenvalue weighted by Gasteiger charge is -2.06. The Morgan fingerprint density at radius 2 is 1.64 bits per heavy atom. The van der Waals surface area contributed by atoms with Gasteiger partial charge in [-0.3, -0.25) is 4.57 Å². The van der Waals surface area contributed by atoms with Gasteiger partial charge in [-0.05, 0) is 43.4 Å². The van der Waals surface area contributed by atoms with Gasteiger partial charge in [-0.2, -0.15) is 0 Å². The molecule has 0 N–H and O–H groups in total. The summed E-state index contributed by atoms with van der Waals surface area (Å²) in [5.41, 5.74) is 1.80. The van der Waals surface area contributed by atoms with Crippen molar-refractivity contribution in [2.75, 3.05) is 19.9 Å². The van der Waals surface area contributed by atoms with Crippen molar-refractivity contribution in [2.24, 2.45) is 0 Å². The second kappa shape index (κ2) is 14.1. The maximum atomic E-state index is 12.0. The minimum absolute atomic E-state index is 0.237. The Hall–Kier alpha value is -1.12. The molecule has 0 spiro atoms. The van der Waals surface area contributed by atoms with Crippen LogP contribution in [0.15, 0.2) is 24.3 Å². The number of esters is 1. The number of carbonyl (C=O) groups is 1. The minimum Gasteiger partial charge on any atom is -0.462 e.